The molecule has 4 rings (SSSR count). The highest BCUT2D eigenvalue weighted by Gasteiger charge is 2.36. The molecular formula is C24H17Cl2N3O3S. The quantitative estimate of drug-likeness (QED) is 0.558. The lowest BCUT2D eigenvalue weighted by Gasteiger charge is -2.24. The van der Waals surface area contributed by atoms with Crippen LogP contribution in [0.5, 0.6) is 0 Å². The molecule has 0 saturated carbocycles. The maximum atomic E-state index is 13.3. The van der Waals surface area contributed by atoms with Gasteiger partial charge in [-0.25, -0.2) is 4.79 Å². The van der Waals surface area contributed by atoms with Crippen LogP contribution in [0.1, 0.15) is 24.0 Å². The van der Waals surface area contributed by atoms with Gasteiger partial charge < -0.3 is 10.5 Å². The first-order valence-corrected chi connectivity index (χ1v) is 11.5. The molecule has 9 heteroatoms. The van der Waals surface area contributed by atoms with Crippen molar-refractivity contribution >= 4 is 58.0 Å². The number of carbonyl (C=O) groups is 1. The summed E-state index contributed by atoms with van der Waals surface area (Å²) >= 11 is 13.1. The molecule has 0 aliphatic carbocycles. The van der Waals surface area contributed by atoms with E-state index in [4.69, 9.17) is 33.7 Å². The average Bonchev–Trinajstić information content (AvgIpc) is 3.11. The lowest BCUT2D eigenvalue weighted by atomic mass is 9.84. The molecule has 1 unspecified atom stereocenters. The van der Waals surface area contributed by atoms with Crippen molar-refractivity contribution < 1.29 is 9.53 Å². The highest BCUT2D eigenvalue weighted by molar-refractivity contribution is 7.07. The number of esters is 1. The maximum absolute atomic E-state index is 13.3. The number of benzene rings is 2. The molecule has 1 atom stereocenters. The first-order valence-electron chi connectivity index (χ1n) is 9.91. The minimum atomic E-state index is -0.798. The number of thiazole rings is 1. The Morgan fingerprint density at radius 2 is 1.79 bits per heavy atom. The maximum Gasteiger partial charge on any atom is 0.338 e. The zero-order valence-electron chi connectivity index (χ0n) is 17.3. The first-order chi connectivity index (χ1) is 15.8. The molecule has 2 N–H and O–H groups in total. The minimum Gasteiger partial charge on any atom is -0.463 e. The van der Waals surface area contributed by atoms with Crippen LogP contribution < -0.4 is 20.5 Å². The molecule has 0 bridgehead atoms. The molecule has 1 aromatic heterocycles. The van der Waals surface area contributed by atoms with Crippen molar-refractivity contribution in [1.82, 2.24) is 4.57 Å². The Balaban J connectivity index is 2.08. The summed E-state index contributed by atoms with van der Waals surface area (Å²) < 4.78 is 7.21. The second kappa shape index (κ2) is 9.28. The van der Waals surface area contributed by atoms with Crippen molar-refractivity contribution in [3.63, 3.8) is 0 Å². The van der Waals surface area contributed by atoms with Crippen LogP contribution in [0.4, 0.5) is 0 Å². The minimum absolute atomic E-state index is 0.0162. The van der Waals surface area contributed by atoms with E-state index < -0.39 is 17.4 Å². The predicted molar refractivity (Wildman–Crippen MR) is 130 cm³/mol. The summed E-state index contributed by atoms with van der Waals surface area (Å²) in [7, 11) is 0. The van der Waals surface area contributed by atoms with E-state index in [1.807, 2.05) is 0 Å². The van der Waals surface area contributed by atoms with Crippen molar-refractivity contribution in [2.24, 2.45) is 5.73 Å². The third-order valence-corrected chi connectivity index (χ3v) is 6.75. The van der Waals surface area contributed by atoms with Gasteiger partial charge in [-0.05, 0) is 48.4 Å². The second-order valence-corrected chi connectivity index (χ2v) is 9.04. The Bertz CT molecular complexity index is 1490. The Kier molecular flexibility index (Phi) is 6.43. The number of rotatable bonds is 4. The van der Waals surface area contributed by atoms with Crippen LogP contribution in [-0.2, 0) is 9.53 Å². The first kappa shape index (κ1) is 22.9. The number of allylic oxidation sites excluding steroid dienone is 1. The van der Waals surface area contributed by atoms with Gasteiger partial charge in [-0.3, -0.25) is 9.36 Å². The summed E-state index contributed by atoms with van der Waals surface area (Å²) in [5.74, 6) is -1.43. The van der Waals surface area contributed by atoms with Crippen LogP contribution in [0.2, 0.25) is 10.0 Å². The summed E-state index contributed by atoms with van der Waals surface area (Å²) in [6.07, 6.45) is 1.69. The average molecular weight is 498 g/mol. The number of nitrogens with zero attached hydrogens (tertiary/aromatic N) is 2. The summed E-state index contributed by atoms with van der Waals surface area (Å²) in [5.41, 5.74) is 7.57. The standard InChI is InChI=1S/C24H17Cl2N3O3S/c1-2-32-24(31)20-19(14-5-9-16(26)10-6-14)17(12-27)21(28)29-22(30)18(33-23(20)29)11-13-3-7-15(25)8-4-13/h3-11,19H,2,28H2,1H3/b18-11-. The molecule has 166 valence electrons. The molecule has 33 heavy (non-hydrogen) atoms. The molecule has 0 radical (unpaired) electrons. The van der Waals surface area contributed by atoms with Gasteiger partial charge in [-0.1, -0.05) is 47.5 Å². The van der Waals surface area contributed by atoms with Crippen molar-refractivity contribution in [1.29, 1.82) is 5.26 Å². The lowest BCUT2D eigenvalue weighted by molar-refractivity contribution is -0.136. The van der Waals surface area contributed by atoms with Gasteiger partial charge >= 0.3 is 5.97 Å². The number of nitrogens with two attached hydrogens (primary N) is 1. The van der Waals surface area contributed by atoms with E-state index >= 15 is 0 Å². The highest BCUT2D eigenvalue weighted by atomic mass is 35.5. The number of hydrogen-bond donors (Lipinski definition) is 1. The SMILES string of the molecule is CCOC(=O)C1=c2s/c(=C\c3ccc(Cl)cc3)c(=O)n2C(N)=C(C#N)C1c1ccc(Cl)cc1. The fraction of sp³-hybridized carbons (Fsp3) is 0.125. The Labute approximate surface area is 203 Å². The molecule has 0 amide bonds. The van der Waals surface area contributed by atoms with E-state index in [1.54, 1.807) is 61.5 Å². The summed E-state index contributed by atoms with van der Waals surface area (Å²) in [6.45, 7) is 1.82. The van der Waals surface area contributed by atoms with Crippen molar-refractivity contribution in [2.45, 2.75) is 12.8 Å². The number of ether oxygens (including phenoxy) is 1. The molecule has 2 heterocycles. The van der Waals surface area contributed by atoms with Crippen LogP contribution in [0.3, 0.4) is 0 Å². The van der Waals surface area contributed by atoms with Crippen LogP contribution in [0.15, 0.2) is 58.9 Å². The number of nitriles is 1. The van der Waals surface area contributed by atoms with Gasteiger partial charge in [-0.15, -0.1) is 11.3 Å². The van der Waals surface area contributed by atoms with E-state index in [1.165, 1.54) is 4.57 Å². The Morgan fingerprint density at radius 3 is 2.36 bits per heavy atom. The van der Waals surface area contributed by atoms with Crippen molar-refractivity contribution in [3.8, 4) is 6.07 Å². The molecular weight excluding hydrogens is 481 g/mol. The fourth-order valence-electron chi connectivity index (χ4n) is 3.65. The Hall–Kier alpha value is -3.31. The highest BCUT2D eigenvalue weighted by Crippen LogP contribution is 2.37. The van der Waals surface area contributed by atoms with Gasteiger partial charge in [0, 0.05) is 10.0 Å². The van der Waals surface area contributed by atoms with E-state index in [-0.39, 0.29) is 23.6 Å². The topological polar surface area (TPSA) is 98.1 Å². The lowest BCUT2D eigenvalue weighted by Crippen LogP contribution is -2.40. The van der Waals surface area contributed by atoms with E-state index in [9.17, 15) is 14.9 Å². The molecule has 1 aliphatic heterocycles. The van der Waals surface area contributed by atoms with Gasteiger partial charge in [0.15, 0.2) is 0 Å². The normalized spacial score (nSPS) is 15.9. The van der Waals surface area contributed by atoms with Gasteiger partial charge in [0.25, 0.3) is 5.56 Å². The van der Waals surface area contributed by atoms with Crippen molar-refractivity contribution in [3.05, 3.63) is 94.8 Å². The number of carbonyl (C=O) groups excluding carboxylic acids is 1. The molecule has 6 nitrogen and oxygen atoms in total. The number of aromatic nitrogens is 1. The molecule has 3 aromatic rings. The van der Waals surface area contributed by atoms with Crippen LogP contribution in [-0.4, -0.2) is 17.1 Å². The monoisotopic (exact) mass is 497 g/mol. The van der Waals surface area contributed by atoms with Gasteiger partial charge in [-0.2, -0.15) is 5.26 Å². The summed E-state index contributed by atoms with van der Waals surface area (Å²) in [6, 6.07) is 15.8. The van der Waals surface area contributed by atoms with Crippen LogP contribution in [0.25, 0.3) is 17.5 Å². The zero-order valence-corrected chi connectivity index (χ0v) is 19.7. The summed E-state index contributed by atoms with van der Waals surface area (Å²) in [4.78, 5) is 26.4. The van der Waals surface area contributed by atoms with E-state index in [2.05, 4.69) is 6.07 Å². The van der Waals surface area contributed by atoms with E-state index in [0.29, 0.717) is 24.8 Å². The fourth-order valence-corrected chi connectivity index (χ4v) is 5.07. The number of hydrogen-bond acceptors (Lipinski definition) is 6. The third kappa shape index (κ3) is 4.21. The predicted octanol–water partition coefficient (Wildman–Crippen LogP) is 3.21. The Morgan fingerprint density at radius 1 is 1.18 bits per heavy atom. The largest absolute Gasteiger partial charge is 0.463 e. The molecule has 0 saturated heterocycles. The zero-order chi connectivity index (χ0) is 23.7. The van der Waals surface area contributed by atoms with Crippen LogP contribution >= 0.6 is 34.5 Å². The van der Waals surface area contributed by atoms with E-state index in [0.717, 1.165) is 16.9 Å². The second-order valence-electron chi connectivity index (χ2n) is 7.14. The van der Waals surface area contributed by atoms with Gasteiger partial charge in [0.1, 0.15) is 10.5 Å². The number of halogens is 2. The van der Waals surface area contributed by atoms with Crippen molar-refractivity contribution in [2.75, 3.05) is 6.61 Å². The molecule has 1 aliphatic rings. The number of fused-ring (bicyclic) bond motifs is 1. The molecule has 0 fully saturated rings. The smallest absolute Gasteiger partial charge is 0.338 e. The summed E-state index contributed by atoms with van der Waals surface area (Å²) in [5, 5.41) is 11.0. The van der Waals surface area contributed by atoms with Gasteiger partial charge in [0.2, 0.25) is 0 Å². The van der Waals surface area contributed by atoms with Crippen LogP contribution in [0, 0.1) is 11.3 Å². The molecule has 0 spiro atoms. The third-order valence-electron chi connectivity index (χ3n) is 5.14. The molecule has 2 aromatic carbocycles. The van der Waals surface area contributed by atoms with Gasteiger partial charge in [0.05, 0.1) is 34.3 Å².